The van der Waals surface area contributed by atoms with Crippen molar-refractivity contribution in [2.45, 2.75) is 0 Å². The number of benzene rings is 2. The predicted molar refractivity (Wildman–Crippen MR) is 102 cm³/mol. The van der Waals surface area contributed by atoms with Crippen molar-refractivity contribution in [3.05, 3.63) is 72.6 Å². The molecular formula is C19H13N5S. The van der Waals surface area contributed by atoms with Crippen LogP contribution in [0.1, 0.15) is 0 Å². The van der Waals surface area contributed by atoms with Gasteiger partial charge in [-0.05, 0) is 47.8 Å². The molecule has 0 spiro atoms. The number of aromatic nitrogens is 4. The summed E-state index contributed by atoms with van der Waals surface area (Å²) in [7, 11) is 0. The van der Waals surface area contributed by atoms with Gasteiger partial charge < -0.3 is 5.32 Å². The number of rotatable bonds is 3. The molecule has 6 heteroatoms. The highest BCUT2D eigenvalue weighted by atomic mass is 32.1. The summed E-state index contributed by atoms with van der Waals surface area (Å²) in [6.45, 7) is 0. The van der Waals surface area contributed by atoms with Crippen LogP contribution in [0.15, 0.2) is 72.6 Å². The molecular weight excluding hydrogens is 330 g/mol. The van der Waals surface area contributed by atoms with Crippen LogP contribution in [-0.4, -0.2) is 19.5 Å². The van der Waals surface area contributed by atoms with Gasteiger partial charge in [-0.2, -0.15) is 0 Å². The molecule has 0 bridgehead atoms. The van der Waals surface area contributed by atoms with Crippen LogP contribution in [0.3, 0.4) is 0 Å². The molecule has 3 heterocycles. The van der Waals surface area contributed by atoms with Gasteiger partial charge in [-0.15, -0.1) is 11.3 Å². The van der Waals surface area contributed by atoms with Crippen molar-refractivity contribution in [3.63, 3.8) is 0 Å². The second-order valence-electron chi connectivity index (χ2n) is 5.64. The molecule has 3 aromatic heterocycles. The molecule has 0 aliphatic heterocycles. The fourth-order valence-corrected chi connectivity index (χ4v) is 3.63. The van der Waals surface area contributed by atoms with Crippen LogP contribution < -0.4 is 5.32 Å². The number of para-hydroxylation sites is 2. The molecule has 1 N–H and O–H groups in total. The van der Waals surface area contributed by atoms with Crippen LogP contribution in [0.5, 0.6) is 0 Å². The molecule has 0 aliphatic carbocycles. The minimum Gasteiger partial charge on any atom is -0.340 e. The Labute approximate surface area is 147 Å². The maximum atomic E-state index is 4.45. The summed E-state index contributed by atoms with van der Waals surface area (Å²) in [5.41, 5.74) is 4.14. The number of hydrogen-bond acceptors (Lipinski definition) is 5. The molecule has 25 heavy (non-hydrogen) atoms. The Morgan fingerprint density at radius 1 is 0.880 bits per heavy atom. The van der Waals surface area contributed by atoms with E-state index in [4.69, 9.17) is 0 Å². The van der Waals surface area contributed by atoms with Gasteiger partial charge in [0.1, 0.15) is 23.3 Å². The first-order valence-electron chi connectivity index (χ1n) is 7.86. The number of nitrogens with one attached hydrogen (secondary N) is 1. The average molecular weight is 343 g/mol. The summed E-state index contributed by atoms with van der Waals surface area (Å²) in [6.07, 6.45) is 3.44. The fourth-order valence-electron chi connectivity index (χ4n) is 2.90. The minimum absolute atomic E-state index is 0.826. The van der Waals surface area contributed by atoms with Gasteiger partial charge in [0.15, 0.2) is 0 Å². The van der Waals surface area contributed by atoms with Crippen molar-refractivity contribution in [2.24, 2.45) is 0 Å². The summed E-state index contributed by atoms with van der Waals surface area (Å²) in [4.78, 5) is 14.1. The van der Waals surface area contributed by atoms with Crippen molar-refractivity contribution in [1.29, 1.82) is 0 Å². The number of hydrogen-bond donors (Lipinski definition) is 1. The van der Waals surface area contributed by atoms with Crippen molar-refractivity contribution in [1.82, 2.24) is 19.5 Å². The van der Waals surface area contributed by atoms with E-state index in [1.165, 1.54) is 0 Å². The highest BCUT2D eigenvalue weighted by Crippen LogP contribution is 2.27. The van der Waals surface area contributed by atoms with E-state index in [1.54, 1.807) is 17.7 Å². The molecule has 0 saturated heterocycles. The summed E-state index contributed by atoms with van der Waals surface area (Å²) >= 11 is 1.61. The molecule has 5 rings (SSSR count). The monoisotopic (exact) mass is 343 g/mol. The Morgan fingerprint density at radius 2 is 1.76 bits per heavy atom. The molecule has 5 nitrogen and oxygen atoms in total. The van der Waals surface area contributed by atoms with Gasteiger partial charge in [0.2, 0.25) is 0 Å². The second-order valence-corrected chi connectivity index (χ2v) is 6.53. The van der Waals surface area contributed by atoms with Crippen LogP contribution in [0, 0.1) is 0 Å². The van der Waals surface area contributed by atoms with E-state index in [0.29, 0.717) is 0 Å². The van der Waals surface area contributed by atoms with E-state index in [2.05, 4.69) is 43.0 Å². The summed E-state index contributed by atoms with van der Waals surface area (Å²) in [6, 6.07) is 18.4. The molecule has 0 aliphatic rings. The van der Waals surface area contributed by atoms with E-state index in [-0.39, 0.29) is 0 Å². The SMILES string of the molecule is c1ccc2c(c1)ncn2-c1ccc(Nc2ncnc3sccc23)cc1. The largest absolute Gasteiger partial charge is 0.340 e. The molecule has 0 fully saturated rings. The second kappa shape index (κ2) is 5.68. The third-order valence-corrected chi connectivity index (χ3v) is 4.94. The van der Waals surface area contributed by atoms with Crippen molar-refractivity contribution in [2.75, 3.05) is 5.32 Å². The first kappa shape index (κ1) is 14.1. The molecule has 0 saturated carbocycles. The summed E-state index contributed by atoms with van der Waals surface area (Å²) in [5.74, 6) is 0.826. The van der Waals surface area contributed by atoms with Gasteiger partial charge in [0, 0.05) is 11.4 Å². The predicted octanol–water partition coefficient (Wildman–Crippen LogP) is 4.77. The average Bonchev–Trinajstić information content (AvgIpc) is 3.30. The van der Waals surface area contributed by atoms with Crippen LogP contribution in [0.4, 0.5) is 11.5 Å². The Hall–Kier alpha value is -3.25. The van der Waals surface area contributed by atoms with Crippen molar-refractivity contribution >= 4 is 44.1 Å². The maximum Gasteiger partial charge on any atom is 0.142 e. The highest BCUT2D eigenvalue weighted by molar-refractivity contribution is 7.16. The zero-order valence-electron chi connectivity index (χ0n) is 13.1. The fraction of sp³-hybridized carbons (Fsp3) is 0. The van der Waals surface area contributed by atoms with Crippen LogP contribution in [-0.2, 0) is 0 Å². The Morgan fingerprint density at radius 3 is 2.68 bits per heavy atom. The Balaban J connectivity index is 1.48. The molecule has 0 radical (unpaired) electrons. The maximum absolute atomic E-state index is 4.45. The standard InChI is InChI=1S/C19H13N5S/c1-2-4-17-16(3-1)22-12-24(17)14-7-5-13(6-8-14)23-18-15-9-10-25-19(15)21-11-20-18/h1-12H,(H,20,21,23). The van der Waals surface area contributed by atoms with E-state index in [1.807, 2.05) is 48.1 Å². The van der Waals surface area contributed by atoms with Crippen LogP contribution in [0.2, 0.25) is 0 Å². The third-order valence-electron chi connectivity index (χ3n) is 4.12. The lowest BCUT2D eigenvalue weighted by molar-refractivity contribution is 1.09. The smallest absolute Gasteiger partial charge is 0.142 e. The van der Waals surface area contributed by atoms with E-state index < -0.39 is 0 Å². The van der Waals surface area contributed by atoms with Gasteiger partial charge in [-0.25, -0.2) is 15.0 Å². The van der Waals surface area contributed by atoms with Gasteiger partial charge in [0.25, 0.3) is 0 Å². The Kier molecular flexibility index (Phi) is 3.21. The van der Waals surface area contributed by atoms with E-state index >= 15 is 0 Å². The van der Waals surface area contributed by atoms with Crippen molar-refractivity contribution in [3.8, 4) is 5.69 Å². The number of thiophene rings is 1. The first-order valence-corrected chi connectivity index (χ1v) is 8.74. The zero-order chi connectivity index (χ0) is 16.6. The van der Waals surface area contributed by atoms with Crippen LogP contribution in [0.25, 0.3) is 26.9 Å². The number of fused-ring (bicyclic) bond motifs is 2. The molecule has 5 aromatic rings. The van der Waals surface area contributed by atoms with Crippen LogP contribution >= 0.6 is 11.3 Å². The number of imidazole rings is 1. The summed E-state index contributed by atoms with van der Waals surface area (Å²) in [5, 5.41) is 6.44. The number of anilines is 2. The molecule has 0 unspecified atom stereocenters. The molecule has 120 valence electrons. The molecule has 0 atom stereocenters. The lowest BCUT2D eigenvalue weighted by Crippen LogP contribution is -1.96. The van der Waals surface area contributed by atoms with E-state index in [9.17, 15) is 0 Å². The van der Waals surface area contributed by atoms with Crippen molar-refractivity contribution < 1.29 is 0 Å². The Bertz CT molecular complexity index is 1170. The normalized spacial score (nSPS) is 11.2. The summed E-state index contributed by atoms with van der Waals surface area (Å²) < 4.78 is 2.08. The highest BCUT2D eigenvalue weighted by Gasteiger charge is 2.06. The zero-order valence-corrected chi connectivity index (χ0v) is 13.9. The van der Waals surface area contributed by atoms with Gasteiger partial charge in [-0.3, -0.25) is 4.57 Å². The minimum atomic E-state index is 0.826. The van der Waals surface area contributed by atoms with Gasteiger partial charge >= 0.3 is 0 Å². The van der Waals surface area contributed by atoms with E-state index in [0.717, 1.165) is 38.4 Å². The lowest BCUT2D eigenvalue weighted by atomic mass is 10.2. The third kappa shape index (κ3) is 2.43. The molecule has 2 aromatic carbocycles. The lowest BCUT2D eigenvalue weighted by Gasteiger charge is -2.09. The first-order chi connectivity index (χ1) is 12.4. The number of nitrogens with zero attached hydrogens (tertiary/aromatic N) is 4. The van der Waals surface area contributed by atoms with Gasteiger partial charge in [0.05, 0.1) is 16.4 Å². The quantitative estimate of drug-likeness (QED) is 0.512. The topological polar surface area (TPSA) is 55.6 Å². The van der Waals surface area contributed by atoms with Gasteiger partial charge in [-0.1, -0.05) is 12.1 Å². The molecule has 0 amide bonds.